The molecule has 6 nitrogen and oxygen atoms in total. The zero-order valence-electron chi connectivity index (χ0n) is 17.7. The highest BCUT2D eigenvalue weighted by Gasteiger charge is 2.40. The summed E-state index contributed by atoms with van der Waals surface area (Å²) in [5.74, 6) is 0.765. The van der Waals surface area contributed by atoms with Crippen molar-refractivity contribution < 1.29 is 14.0 Å². The minimum atomic E-state index is -0.194. The zero-order valence-corrected chi connectivity index (χ0v) is 17.7. The molecule has 1 saturated heterocycles. The van der Waals surface area contributed by atoms with Crippen LogP contribution in [0.2, 0.25) is 0 Å². The van der Waals surface area contributed by atoms with Gasteiger partial charge in [-0.2, -0.15) is 0 Å². The minimum Gasteiger partial charge on any atom is -0.490 e. The fourth-order valence-electron chi connectivity index (χ4n) is 4.59. The molecular weight excluding hydrogens is 395 g/mol. The summed E-state index contributed by atoms with van der Waals surface area (Å²) in [5.41, 5.74) is 4.14. The lowest BCUT2D eigenvalue weighted by Crippen LogP contribution is -2.50. The maximum Gasteiger partial charge on any atom is 0.151 e. The van der Waals surface area contributed by atoms with E-state index in [1.54, 1.807) is 24.5 Å². The van der Waals surface area contributed by atoms with E-state index in [-0.39, 0.29) is 17.8 Å². The Morgan fingerprint density at radius 3 is 2.87 bits per heavy atom. The van der Waals surface area contributed by atoms with E-state index in [9.17, 15) is 4.39 Å². The Morgan fingerprint density at radius 1 is 1.19 bits per heavy atom. The van der Waals surface area contributed by atoms with Gasteiger partial charge in [0.15, 0.2) is 6.10 Å². The molecule has 0 aliphatic carbocycles. The molecule has 5 rings (SSSR count). The lowest BCUT2D eigenvalue weighted by atomic mass is 9.91. The average Bonchev–Trinajstić information content (AvgIpc) is 3.18. The molecule has 2 unspecified atom stereocenters. The summed E-state index contributed by atoms with van der Waals surface area (Å²) in [6, 6.07) is 8.68. The van der Waals surface area contributed by atoms with E-state index in [0.29, 0.717) is 6.61 Å². The SMILES string of the molecule is C/C(=C\c1cccc(F)c1)CN1CCN(CC2ON=C3c4ccncc4OCC32)CC1. The monoisotopic (exact) mass is 422 g/mol. The van der Waals surface area contributed by atoms with Gasteiger partial charge in [0, 0.05) is 51.0 Å². The maximum absolute atomic E-state index is 13.4. The van der Waals surface area contributed by atoms with Gasteiger partial charge >= 0.3 is 0 Å². The van der Waals surface area contributed by atoms with Crippen molar-refractivity contribution in [1.29, 1.82) is 0 Å². The Balaban J connectivity index is 1.12. The van der Waals surface area contributed by atoms with Crippen molar-refractivity contribution in [2.45, 2.75) is 13.0 Å². The molecule has 0 saturated carbocycles. The van der Waals surface area contributed by atoms with E-state index in [2.05, 4.69) is 32.9 Å². The Labute approximate surface area is 182 Å². The smallest absolute Gasteiger partial charge is 0.151 e. The second-order valence-electron chi connectivity index (χ2n) is 8.53. The van der Waals surface area contributed by atoms with Crippen LogP contribution in [0.1, 0.15) is 18.1 Å². The van der Waals surface area contributed by atoms with Crippen LogP contribution in [0.3, 0.4) is 0 Å². The average molecular weight is 423 g/mol. The van der Waals surface area contributed by atoms with Crippen LogP contribution in [0.25, 0.3) is 6.08 Å². The quantitative estimate of drug-likeness (QED) is 0.741. The summed E-state index contributed by atoms with van der Waals surface area (Å²) < 4.78 is 19.3. The number of ether oxygens (including phenoxy) is 1. The summed E-state index contributed by atoms with van der Waals surface area (Å²) in [6.07, 6.45) is 5.60. The highest BCUT2D eigenvalue weighted by atomic mass is 19.1. The Bertz CT molecular complexity index is 1000. The van der Waals surface area contributed by atoms with Gasteiger partial charge in [-0.25, -0.2) is 4.39 Å². The topological polar surface area (TPSA) is 50.2 Å². The molecule has 0 bridgehead atoms. The van der Waals surface area contributed by atoms with Crippen molar-refractivity contribution in [2.75, 3.05) is 45.9 Å². The third kappa shape index (κ3) is 4.48. The molecule has 0 amide bonds. The predicted molar refractivity (Wildman–Crippen MR) is 118 cm³/mol. The van der Waals surface area contributed by atoms with Crippen molar-refractivity contribution in [3.8, 4) is 5.75 Å². The molecule has 0 radical (unpaired) electrons. The van der Waals surface area contributed by atoms with Crippen LogP contribution in [-0.4, -0.2) is 72.5 Å². The number of nitrogens with zero attached hydrogens (tertiary/aromatic N) is 4. The molecule has 2 aromatic rings. The second-order valence-corrected chi connectivity index (χ2v) is 8.53. The number of halogens is 1. The lowest BCUT2D eigenvalue weighted by Gasteiger charge is -2.36. The predicted octanol–water partition coefficient (Wildman–Crippen LogP) is 3.05. The molecule has 0 N–H and O–H groups in total. The molecule has 31 heavy (non-hydrogen) atoms. The van der Waals surface area contributed by atoms with Crippen molar-refractivity contribution in [2.24, 2.45) is 11.1 Å². The summed E-state index contributed by atoms with van der Waals surface area (Å²) in [4.78, 5) is 14.8. The molecule has 1 aromatic carbocycles. The molecule has 162 valence electrons. The van der Waals surface area contributed by atoms with E-state index >= 15 is 0 Å². The number of aromatic nitrogens is 1. The fraction of sp³-hybridized carbons (Fsp3) is 0.417. The van der Waals surface area contributed by atoms with Crippen LogP contribution in [0.15, 0.2) is 53.5 Å². The van der Waals surface area contributed by atoms with Gasteiger partial charge in [0.05, 0.1) is 12.1 Å². The normalized spacial score (nSPS) is 24.1. The highest BCUT2D eigenvalue weighted by molar-refractivity contribution is 6.05. The van der Waals surface area contributed by atoms with Gasteiger partial charge in [-0.15, -0.1) is 0 Å². The van der Waals surface area contributed by atoms with Crippen LogP contribution in [0, 0.1) is 11.7 Å². The Morgan fingerprint density at radius 2 is 2.03 bits per heavy atom. The first kappa shape index (κ1) is 20.2. The van der Waals surface area contributed by atoms with E-state index in [4.69, 9.17) is 9.57 Å². The third-order valence-electron chi connectivity index (χ3n) is 6.20. The number of benzene rings is 1. The zero-order chi connectivity index (χ0) is 21.2. The van der Waals surface area contributed by atoms with Gasteiger partial charge in [-0.3, -0.25) is 14.8 Å². The van der Waals surface area contributed by atoms with Crippen molar-refractivity contribution >= 4 is 11.8 Å². The first-order valence-corrected chi connectivity index (χ1v) is 10.8. The van der Waals surface area contributed by atoms with Crippen molar-refractivity contribution in [3.63, 3.8) is 0 Å². The Kier molecular flexibility index (Phi) is 5.70. The molecule has 1 fully saturated rings. The van der Waals surface area contributed by atoms with Crippen LogP contribution in [0.5, 0.6) is 5.75 Å². The van der Waals surface area contributed by atoms with Crippen LogP contribution in [-0.2, 0) is 4.84 Å². The summed E-state index contributed by atoms with van der Waals surface area (Å²) in [7, 11) is 0. The van der Waals surface area contributed by atoms with E-state index in [0.717, 1.165) is 61.9 Å². The Hall–Kier alpha value is -2.77. The number of piperazine rings is 1. The van der Waals surface area contributed by atoms with Crippen molar-refractivity contribution in [1.82, 2.24) is 14.8 Å². The van der Waals surface area contributed by atoms with Crippen LogP contribution in [0.4, 0.5) is 4.39 Å². The van der Waals surface area contributed by atoms with E-state index in [1.165, 1.54) is 11.6 Å². The molecule has 3 aliphatic rings. The number of oxime groups is 1. The maximum atomic E-state index is 13.4. The number of fused-ring (bicyclic) bond motifs is 3. The second kappa shape index (κ2) is 8.77. The number of hydrogen-bond acceptors (Lipinski definition) is 6. The van der Waals surface area contributed by atoms with Gasteiger partial charge in [-0.1, -0.05) is 28.9 Å². The lowest BCUT2D eigenvalue weighted by molar-refractivity contribution is 0.0101. The molecule has 0 spiro atoms. The summed E-state index contributed by atoms with van der Waals surface area (Å²) in [5, 5.41) is 4.38. The number of rotatable bonds is 5. The molecule has 2 atom stereocenters. The minimum absolute atomic E-state index is 0.0254. The summed E-state index contributed by atoms with van der Waals surface area (Å²) in [6.45, 7) is 8.46. The summed E-state index contributed by atoms with van der Waals surface area (Å²) >= 11 is 0. The molecule has 7 heteroatoms. The van der Waals surface area contributed by atoms with Gasteiger partial charge in [0.25, 0.3) is 0 Å². The van der Waals surface area contributed by atoms with E-state index in [1.807, 2.05) is 12.1 Å². The largest absolute Gasteiger partial charge is 0.490 e. The first-order chi connectivity index (χ1) is 15.2. The highest BCUT2D eigenvalue weighted by Crippen LogP contribution is 2.33. The van der Waals surface area contributed by atoms with Gasteiger partial charge in [0.1, 0.15) is 23.9 Å². The van der Waals surface area contributed by atoms with Gasteiger partial charge in [-0.05, 0) is 30.7 Å². The number of hydrogen-bond donors (Lipinski definition) is 0. The van der Waals surface area contributed by atoms with Crippen molar-refractivity contribution in [3.05, 3.63) is 65.2 Å². The fourth-order valence-corrected chi connectivity index (χ4v) is 4.59. The number of pyridine rings is 1. The standard InChI is InChI=1S/C24H27FN4O2/c1-17(11-18-3-2-4-19(25)12-18)14-28-7-9-29(10-8-28)15-23-21-16-30-22-13-26-6-5-20(22)24(21)27-31-23/h2-6,11-13,21,23H,7-10,14-16H2,1H3/b17-11+. The molecule has 4 heterocycles. The van der Waals surface area contributed by atoms with E-state index < -0.39 is 0 Å². The van der Waals surface area contributed by atoms with Crippen LogP contribution < -0.4 is 4.74 Å². The first-order valence-electron chi connectivity index (χ1n) is 10.8. The van der Waals surface area contributed by atoms with Crippen LogP contribution >= 0.6 is 0 Å². The molecular formula is C24H27FN4O2. The van der Waals surface area contributed by atoms with Gasteiger partial charge < -0.3 is 9.57 Å². The van der Waals surface area contributed by atoms with Gasteiger partial charge in [0.2, 0.25) is 0 Å². The third-order valence-corrected chi connectivity index (χ3v) is 6.20. The molecule has 1 aromatic heterocycles. The molecule has 3 aliphatic heterocycles.